The Kier molecular flexibility index (Phi) is 3.68. The van der Waals surface area contributed by atoms with Crippen LogP contribution in [0.3, 0.4) is 0 Å². The summed E-state index contributed by atoms with van der Waals surface area (Å²) in [5.74, 6) is 0.892. The Labute approximate surface area is 143 Å². The summed E-state index contributed by atoms with van der Waals surface area (Å²) in [4.78, 5) is 2.42. The summed E-state index contributed by atoms with van der Waals surface area (Å²) >= 11 is 0. The zero-order valence-corrected chi connectivity index (χ0v) is 14.5. The highest BCUT2D eigenvalue weighted by molar-refractivity contribution is 6.01. The zero-order valence-electron chi connectivity index (χ0n) is 14.5. The van der Waals surface area contributed by atoms with Crippen molar-refractivity contribution in [2.24, 2.45) is 0 Å². The van der Waals surface area contributed by atoms with E-state index in [0.29, 0.717) is 6.04 Å². The normalized spacial score (nSPS) is 12.8. The van der Waals surface area contributed by atoms with Crippen LogP contribution in [0.25, 0.3) is 10.8 Å². The number of ether oxygens (including phenoxy) is 1. The van der Waals surface area contributed by atoms with Crippen LogP contribution in [0, 0.1) is 0 Å². The van der Waals surface area contributed by atoms with Crippen molar-refractivity contribution in [1.82, 2.24) is 0 Å². The van der Waals surface area contributed by atoms with Gasteiger partial charge < -0.3 is 9.64 Å². The lowest BCUT2D eigenvalue weighted by molar-refractivity contribution is 0.415. The molecule has 0 bridgehead atoms. The van der Waals surface area contributed by atoms with Crippen molar-refractivity contribution in [3.05, 3.63) is 65.7 Å². The topological polar surface area (TPSA) is 12.5 Å². The Morgan fingerprint density at radius 1 is 0.875 bits per heavy atom. The van der Waals surface area contributed by atoms with Crippen LogP contribution in [-0.2, 0) is 12.8 Å². The Balaban J connectivity index is 1.89. The van der Waals surface area contributed by atoms with Gasteiger partial charge in [0.05, 0.1) is 7.11 Å². The lowest BCUT2D eigenvalue weighted by Crippen LogP contribution is -2.25. The minimum atomic E-state index is 0.372. The van der Waals surface area contributed by atoms with Crippen LogP contribution in [-0.4, -0.2) is 13.2 Å². The van der Waals surface area contributed by atoms with E-state index < -0.39 is 0 Å². The summed E-state index contributed by atoms with van der Waals surface area (Å²) in [5.41, 5.74) is 5.47. The number of benzene rings is 3. The average molecular weight is 317 g/mol. The summed E-state index contributed by atoms with van der Waals surface area (Å²) in [6, 6.07) is 20.1. The minimum absolute atomic E-state index is 0.372. The van der Waals surface area contributed by atoms with Crippen molar-refractivity contribution >= 4 is 22.1 Å². The monoisotopic (exact) mass is 317 g/mol. The largest absolute Gasteiger partial charge is 0.497 e. The number of hydrogen-bond acceptors (Lipinski definition) is 2. The van der Waals surface area contributed by atoms with E-state index in [9.17, 15) is 0 Å². The van der Waals surface area contributed by atoms with Gasteiger partial charge in [0.25, 0.3) is 0 Å². The highest BCUT2D eigenvalue weighted by Gasteiger charge is 2.20. The molecule has 122 valence electrons. The molecule has 0 spiro atoms. The van der Waals surface area contributed by atoms with Gasteiger partial charge in [-0.15, -0.1) is 0 Å². The van der Waals surface area contributed by atoms with Crippen molar-refractivity contribution < 1.29 is 4.74 Å². The van der Waals surface area contributed by atoms with E-state index in [0.717, 1.165) is 5.75 Å². The number of nitrogens with zero attached hydrogens (tertiary/aromatic N) is 1. The minimum Gasteiger partial charge on any atom is -0.497 e. The highest BCUT2D eigenvalue weighted by Crippen LogP contribution is 2.40. The molecule has 0 aromatic heterocycles. The first-order chi connectivity index (χ1) is 11.7. The second kappa shape index (κ2) is 5.86. The molecule has 0 radical (unpaired) electrons. The van der Waals surface area contributed by atoms with Gasteiger partial charge in [0, 0.05) is 22.8 Å². The number of aryl methyl sites for hydroxylation is 2. The van der Waals surface area contributed by atoms with Gasteiger partial charge in [-0.05, 0) is 73.5 Å². The third-order valence-electron chi connectivity index (χ3n) is 4.98. The third-order valence-corrected chi connectivity index (χ3v) is 4.98. The molecule has 0 atom stereocenters. The van der Waals surface area contributed by atoms with Crippen molar-refractivity contribution in [3.63, 3.8) is 0 Å². The molecule has 0 fully saturated rings. The van der Waals surface area contributed by atoms with E-state index in [1.54, 1.807) is 7.11 Å². The van der Waals surface area contributed by atoms with E-state index in [1.165, 1.54) is 46.1 Å². The molecule has 0 aliphatic heterocycles. The lowest BCUT2D eigenvalue weighted by Gasteiger charge is -2.30. The Morgan fingerprint density at radius 2 is 1.58 bits per heavy atom. The van der Waals surface area contributed by atoms with Gasteiger partial charge in [0.15, 0.2) is 0 Å². The second-order valence-corrected chi connectivity index (χ2v) is 6.75. The molecule has 0 unspecified atom stereocenters. The van der Waals surface area contributed by atoms with Crippen LogP contribution in [0.1, 0.15) is 25.0 Å². The maximum atomic E-state index is 5.31. The number of hydrogen-bond donors (Lipinski definition) is 0. The first-order valence-corrected chi connectivity index (χ1v) is 8.66. The molecule has 1 aliphatic carbocycles. The van der Waals surface area contributed by atoms with E-state index in [4.69, 9.17) is 4.74 Å². The molecule has 4 rings (SSSR count). The smallest absolute Gasteiger partial charge is 0.119 e. The Morgan fingerprint density at radius 3 is 2.25 bits per heavy atom. The molecule has 3 aromatic rings. The number of rotatable bonds is 4. The zero-order chi connectivity index (χ0) is 16.7. The lowest BCUT2D eigenvalue weighted by atomic mass is 10.0. The van der Waals surface area contributed by atoms with Gasteiger partial charge >= 0.3 is 0 Å². The first-order valence-electron chi connectivity index (χ1n) is 8.66. The van der Waals surface area contributed by atoms with Crippen LogP contribution in [0.15, 0.2) is 54.6 Å². The highest BCUT2D eigenvalue weighted by atomic mass is 16.5. The Hall–Kier alpha value is -2.48. The fourth-order valence-electron chi connectivity index (χ4n) is 3.90. The van der Waals surface area contributed by atoms with Gasteiger partial charge in [-0.2, -0.15) is 0 Å². The van der Waals surface area contributed by atoms with Crippen molar-refractivity contribution in [1.29, 1.82) is 0 Å². The van der Waals surface area contributed by atoms with Crippen LogP contribution in [0.2, 0.25) is 0 Å². The van der Waals surface area contributed by atoms with Gasteiger partial charge in [0.1, 0.15) is 5.75 Å². The summed E-state index contributed by atoms with van der Waals surface area (Å²) in [6.45, 7) is 4.49. The van der Waals surface area contributed by atoms with Crippen molar-refractivity contribution in [3.8, 4) is 5.75 Å². The molecule has 0 N–H and O–H groups in total. The van der Waals surface area contributed by atoms with Crippen LogP contribution in [0.4, 0.5) is 11.4 Å². The maximum absolute atomic E-state index is 5.31. The standard InChI is InChI=1S/C22H23NO/c1-15(2)23(18-10-12-19(24-3)13-11-18)21-14-9-17-8-7-16-5-4-6-20(21)22(16)17/h4-6,9-15H,7-8H2,1-3H3. The molecular weight excluding hydrogens is 294 g/mol. The molecule has 2 nitrogen and oxygen atoms in total. The molecule has 24 heavy (non-hydrogen) atoms. The molecule has 3 aromatic carbocycles. The number of anilines is 2. The summed E-state index contributed by atoms with van der Waals surface area (Å²) in [6.07, 6.45) is 2.33. The molecule has 0 saturated carbocycles. The molecular formula is C22H23NO. The number of methoxy groups -OCH3 is 1. The van der Waals surface area contributed by atoms with Crippen LogP contribution < -0.4 is 9.64 Å². The molecule has 0 amide bonds. The second-order valence-electron chi connectivity index (χ2n) is 6.75. The van der Waals surface area contributed by atoms with Crippen LogP contribution >= 0.6 is 0 Å². The Bertz CT molecular complexity index is 870. The molecule has 1 aliphatic rings. The van der Waals surface area contributed by atoms with E-state index >= 15 is 0 Å². The SMILES string of the molecule is COc1ccc(N(c2ccc3c4c(cccc24)CC3)C(C)C)cc1. The maximum Gasteiger partial charge on any atom is 0.119 e. The fraction of sp³-hybridized carbons (Fsp3) is 0.273. The van der Waals surface area contributed by atoms with Gasteiger partial charge in [-0.3, -0.25) is 0 Å². The van der Waals surface area contributed by atoms with E-state index in [1.807, 2.05) is 12.1 Å². The summed E-state index contributed by atoms with van der Waals surface area (Å²) in [5, 5.41) is 2.83. The van der Waals surface area contributed by atoms with Gasteiger partial charge in [-0.25, -0.2) is 0 Å². The summed E-state index contributed by atoms with van der Waals surface area (Å²) < 4.78 is 5.31. The fourth-order valence-corrected chi connectivity index (χ4v) is 3.90. The molecule has 0 saturated heterocycles. The van der Waals surface area contributed by atoms with Crippen LogP contribution in [0.5, 0.6) is 5.75 Å². The van der Waals surface area contributed by atoms with E-state index in [2.05, 4.69) is 61.2 Å². The molecule has 2 heteroatoms. The van der Waals surface area contributed by atoms with Gasteiger partial charge in [-0.1, -0.05) is 24.3 Å². The average Bonchev–Trinajstić information content (AvgIpc) is 3.02. The van der Waals surface area contributed by atoms with E-state index in [-0.39, 0.29) is 0 Å². The first kappa shape index (κ1) is 15.1. The molecule has 0 heterocycles. The van der Waals surface area contributed by atoms with Crippen molar-refractivity contribution in [2.75, 3.05) is 12.0 Å². The summed E-state index contributed by atoms with van der Waals surface area (Å²) in [7, 11) is 1.71. The predicted molar refractivity (Wildman–Crippen MR) is 102 cm³/mol. The van der Waals surface area contributed by atoms with Crippen molar-refractivity contribution in [2.45, 2.75) is 32.7 Å². The predicted octanol–water partition coefficient (Wildman–Crippen LogP) is 5.49. The quantitative estimate of drug-likeness (QED) is 0.630. The third kappa shape index (κ3) is 2.34. The van der Waals surface area contributed by atoms with Gasteiger partial charge in [0.2, 0.25) is 0 Å².